The van der Waals surface area contributed by atoms with Crippen molar-refractivity contribution in [1.82, 2.24) is 5.32 Å². The summed E-state index contributed by atoms with van der Waals surface area (Å²) in [5.74, 6) is 0.180. The third-order valence-electron chi connectivity index (χ3n) is 2.67. The van der Waals surface area contributed by atoms with E-state index in [0.717, 1.165) is 17.0 Å². The number of halogens is 4. The monoisotopic (exact) mass is 435 g/mol. The molecule has 2 rings (SSSR count). The Morgan fingerprint density at radius 1 is 1.33 bits per heavy atom. The van der Waals surface area contributed by atoms with E-state index in [2.05, 4.69) is 38.6 Å². The minimum Gasteiger partial charge on any atom is -0.484 e. The van der Waals surface area contributed by atoms with E-state index >= 15 is 0 Å². The van der Waals surface area contributed by atoms with Gasteiger partial charge in [0.25, 0.3) is 0 Å². The van der Waals surface area contributed by atoms with Gasteiger partial charge in [0.05, 0.1) is 0 Å². The van der Waals surface area contributed by atoms with Crippen LogP contribution in [0.4, 0.5) is 13.2 Å². The summed E-state index contributed by atoms with van der Waals surface area (Å²) < 4.78 is 40.7. The molecule has 1 aliphatic heterocycles. The van der Waals surface area contributed by atoms with Crippen molar-refractivity contribution < 1.29 is 50.6 Å². The van der Waals surface area contributed by atoms with Crippen molar-refractivity contribution >= 4 is 21.6 Å². The smallest absolute Gasteiger partial charge is 0.422 e. The maximum Gasteiger partial charge on any atom is 0.422 e. The number of alkyl halides is 4. The third kappa shape index (κ3) is 5.76. The molecule has 21 heavy (non-hydrogen) atoms. The van der Waals surface area contributed by atoms with Crippen LogP contribution in [-0.4, -0.2) is 17.6 Å². The second-order valence-corrected chi connectivity index (χ2v) is 5.41. The molecule has 1 unspecified atom stereocenters. The first-order chi connectivity index (χ1) is 9.35. The van der Waals surface area contributed by atoms with E-state index in [0.29, 0.717) is 6.42 Å². The van der Waals surface area contributed by atoms with Crippen LogP contribution in [0.15, 0.2) is 36.5 Å². The zero-order valence-electron chi connectivity index (χ0n) is 11.0. The number of benzene rings is 1. The Hall–Kier alpha value is -0.326. The van der Waals surface area contributed by atoms with Crippen molar-refractivity contribution in [3.8, 4) is 5.75 Å². The molecule has 111 valence electrons. The van der Waals surface area contributed by atoms with E-state index in [1.807, 2.05) is 0 Å². The predicted octanol–water partition coefficient (Wildman–Crippen LogP) is 4.04. The molecule has 1 radical (unpaired) electrons. The third-order valence-corrected chi connectivity index (χ3v) is 3.54. The first-order valence-corrected chi connectivity index (χ1v) is 6.77. The minimum absolute atomic E-state index is 0. The van der Waals surface area contributed by atoms with E-state index in [4.69, 9.17) is 0 Å². The molecular weight excluding hydrogens is 424 g/mol. The van der Waals surface area contributed by atoms with Gasteiger partial charge in [-0.3, -0.25) is 0 Å². The molecule has 0 saturated carbocycles. The van der Waals surface area contributed by atoms with Crippen molar-refractivity contribution in [2.45, 2.75) is 17.4 Å². The molecule has 1 N–H and O–H groups in total. The number of ether oxygens (including phenoxy) is 1. The summed E-state index contributed by atoms with van der Waals surface area (Å²) in [6.07, 6.45) is -0.475. The van der Waals surface area contributed by atoms with Crippen molar-refractivity contribution in [2.24, 2.45) is 0 Å². The quantitative estimate of drug-likeness (QED) is 0.571. The van der Waals surface area contributed by atoms with Crippen molar-refractivity contribution in [3.63, 3.8) is 0 Å². The van der Waals surface area contributed by atoms with Crippen LogP contribution in [0.25, 0.3) is 5.70 Å². The molecule has 0 amide bonds. The second-order valence-electron chi connectivity index (χ2n) is 4.30. The predicted molar refractivity (Wildman–Crippen MR) is 74.2 cm³/mol. The molecular formula is C14H12BrF3NOY-. The fraction of sp³-hybridized carbons (Fsp3) is 0.286. The molecule has 1 aromatic rings. The van der Waals surface area contributed by atoms with Gasteiger partial charge in [-0.05, 0) is 12.1 Å². The Bertz CT molecular complexity index is 528. The van der Waals surface area contributed by atoms with Crippen LogP contribution in [-0.2, 0) is 32.7 Å². The maximum atomic E-state index is 12.0. The van der Waals surface area contributed by atoms with Gasteiger partial charge in [0, 0.05) is 43.2 Å². The minimum atomic E-state index is -4.33. The first-order valence-electron chi connectivity index (χ1n) is 5.86. The zero-order chi connectivity index (χ0) is 14.8. The average molecular weight is 436 g/mol. The zero-order valence-corrected chi connectivity index (χ0v) is 15.4. The first kappa shape index (κ1) is 18.7. The SMILES string of the molecule is C=C1NC(c2ccc(OCC(F)(F)F)cc2)=[C-]CC1Br.[Y]. The molecule has 1 atom stereocenters. The molecule has 0 fully saturated rings. The van der Waals surface area contributed by atoms with Gasteiger partial charge in [-0.15, -0.1) is 17.8 Å². The van der Waals surface area contributed by atoms with E-state index in [1.165, 1.54) is 12.1 Å². The fourth-order valence-corrected chi connectivity index (χ4v) is 1.93. The molecule has 0 aliphatic carbocycles. The van der Waals surface area contributed by atoms with Crippen LogP contribution in [0.5, 0.6) is 5.75 Å². The van der Waals surface area contributed by atoms with E-state index in [1.54, 1.807) is 12.1 Å². The Morgan fingerprint density at radius 3 is 2.48 bits per heavy atom. The molecule has 2 nitrogen and oxygen atoms in total. The number of nitrogens with one attached hydrogen (secondary N) is 1. The van der Waals surface area contributed by atoms with Crippen molar-refractivity contribution in [3.05, 3.63) is 48.2 Å². The van der Waals surface area contributed by atoms with E-state index in [9.17, 15) is 13.2 Å². The van der Waals surface area contributed by atoms with Gasteiger partial charge in [-0.25, -0.2) is 6.08 Å². The largest absolute Gasteiger partial charge is 0.484 e. The number of rotatable bonds is 3. The van der Waals surface area contributed by atoms with Gasteiger partial charge in [-0.1, -0.05) is 28.9 Å². The normalized spacial score (nSPS) is 18.4. The molecule has 1 aromatic carbocycles. The summed E-state index contributed by atoms with van der Waals surface area (Å²) in [5, 5.41) is 3.10. The van der Waals surface area contributed by atoms with Gasteiger partial charge < -0.3 is 10.1 Å². The van der Waals surface area contributed by atoms with Gasteiger partial charge in [0.2, 0.25) is 0 Å². The standard InChI is InChI=1S/C14H12BrF3NO.Y/c1-9-12(15)6-7-13(19-9)10-2-4-11(5-3-10)20-8-14(16,17)18;/h2-5,12,19H,1,6,8H2;/q-1;. The number of hydrogen-bond acceptors (Lipinski definition) is 2. The molecule has 1 heterocycles. The molecule has 0 spiro atoms. The van der Waals surface area contributed by atoms with Crippen LogP contribution in [0.3, 0.4) is 0 Å². The Labute approximate surface area is 154 Å². The van der Waals surface area contributed by atoms with Gasteiger partial charge in [-0.2, -0.15) is 18.7 Å². The van der Waals surface area contributed by atoms with Crippen LogP contribution in [0.1, 0.15) is 12.0 Å². The fourth-order valence-electron chi connectivity index (χ4n) is 1.66. The molecule has 0 saturated heterocycles. The Kier molecular flexibility index (Phi) is 6.95. The van der Waals surface area contributed by atoms with Crippen LogP contribution >= 0.6 is 15.9 Å². The molecule has 7 heteroatoms. The summed E-state index contributed by atoms with van der Waals surface area (Å²) in [6.45, 7) is 2.59. The van der Waals surface area contributed by atoms with Gasteiger partial charge in [0.15, 0.2) is 6.61 Å². The van der Waals surface area contributed by atoms with E-state index in [-0.39, 0.29) is 43.3 Å². The Balaban J connectivity index is 0.00000220. The van der Waals surface area contributed by atoms with Crippen LogP contribution in [0.2, 0.25) is 0 Å². The van der Waals surface area contributed by atoms with Crippen LogP contribution < -0.4 is 10.1 Å². The summed E-state index contributed by atoms with van der Waals surface area (Å²) in [5.41, 5.74) is 2.43. The van der Waals surface area contributed by atoms with E-state index < -0.39 is 12.8 Å². The molecule has 0 aromatic heterocycles. The van der Waals surface area contributed by atoms with Crippen molar-refractivity contribution in [2.75, 3.05) is 6.61 Å². The summed E-state index contributed by atoms with van der Waals surface area (Å²) in [4.78, 5) is 0.139. The average Bonchev–Trinajstić information content (AvgIpc) is 2.39. The topological polar surface area (TPSA) is 21.3 Å². The Morgan fingerprint density at radius 2 is 1.95 bits per heavy atom. The number of allylic oxidation sites excluding steroid dienone is 2. The van der Waals surface area contributed by atoms with Gasteiger partial charge in [0.1, 0.15) is 5.75 Å². The maximum absolute atomic E-state index is 12.0. The van der Waals surface area contributed by atoms with Gasteiger partial charge >= 0.3 is 6.18 Å². The number of hydrogen-bond donors (Lipinski definition) is 1. The summed E-state index contributed by atoms with van der Waals surface area (Å²) in [6, 6.07) is 6.37. The van der Waals surface area contributed by atoms with Crippen molar-refractivity contribution in [1.29, 1.82) is 0 Å². The summed E-state index contributed by atoms with van der Waals surface area (Å²) in [7, 11) is 0. The summed E-state index contributed by atoms with van der Waals surface area (Å²) >= 11 is 3.44. The van der Waals surface area contributed by atoms with Crippen LogP contribution in [0, 0.1) is 6.08 Å². The molecule has 1 aliphatic rings. The second kappa shape index (κ2) is 7.79. The molecule has 0 bridgehead atoms.